The van der Waals surface area contributed by atoms with Gasteiger partial charge in [-0.25, -0.2) is 0 Å². The molecule has 1 aliphatic carbocycles. The highest BCUT2D eigenvalue weighted by Crippen LogP contribution is 2.40. The Hall–Kier alpha value is -1.12. The average Bonchev–Trinajstić information content (AvgIpc) is 2.82. The molecule has 1 aliphatic rings. The van der Waals surface area contributed by atoms with Crippen LogP contribution in [0.25, 0.3) is 0 Å². The van der Waals surface area contributed by atoms with Crippen molar-refractivity contribution >= 4 is 11.8 Å². The van der Waals surface area contributed by atoms with Gasteiger partial charge < -0.3 is 4.74 Å². The zero-order valence-electron chi connectivity index (χ0n) is 13.2. The summed E-state index contributed by atoms with van der Waals surface area (Å²) in [7, 11) is 0. The number of carbonyl (C=O) groups is 2. The van der Waals surface area contributed by atoms with Gasteiger partial charge in [-0.05, 0) is 38.2 Å². The average molecular weight is 280 g/mol. The Bertz CT molecular complexity index is 370. The first-order valence-corrected chi connectivity index (χ1v) is 7.95. The molecule has 3 heteroatoms. The summed E-state index contributed by atoms with van der Waals surface area (Å²) in [5, 5.41) is 0. The van der Waals surface area contributed by atoms with Crippen molar-refractivity contribution in [2.75, 3.05) is 6.61 Å². The highest BCUT2D eigenvalue weighted by Gasteiger charge is 2.49. The number of ketones is 1. The maximum atomic E-state index is 12.4. The molecule has 0 aromatic heterocycles. The summed E-state index contributed by atoms with van der Waals surface area (Å²) in [5.41, 5.74) is 0.273. The van der Waals surface area contributed by atoms with Crippen LogP contribution in [0.3, 0.4) is 0 Å². The molecular weight excluding hydrogens is 252 g/mol. The summed E-state index contributed by atoms with van der Waals surface area (Å²) in [5.74, 6) is -0.193. The minimum atomic E-state index is -0.832. The van der Waals surface area contributed by atoms with Gasteiger partial charge in [0.15, 0.2) is 0 Å². The molecule has 0 aromatic carbocycles. The molecule has 1 saturated carbocycles. The molecule has 3 nitrogen and oxygen atoms in total. The van der Waals surface area contributed by atoms with Gasteiger partial charge in [0, 0.05) is 6.42 Å². The topological polar surface area (TPSA) is 43.4 Å². The van der Waals surface area contributed by atoms with Gasteiger partial charge in [-0.2, -0.15) is 0 Å². The number of ether oxygens (including phenoxy) is 1. The molecule has 1 fully saturated rings. The Labute approximate surface area is 122 Å². The lowest BCUT2D eigenvalue weighted by Crippen LogP contribution is -2.37. The highest BCUT2D eigenvalue weighted by atomic mass is 16.5. The van der Waals surface area contributed by atoms with Crippen molar-refractivity contribution in [2.45, 2.75) is 72.1 Å². The molecule has 0 N–H and O–H groups in total. The maximum Gasteiger partial charge on any atom is 0.319 e. The van der Waals surface area contributed by atoms with E-state index < -0.39 is 5.41 Å². The van der Waals surface area contributed by atoms with Gasteiger partial charge in [-0.3, -0.25) is 9.59 Å². The maximum absolute atomic E-state index is 12.4. The quantitative estimate of drug-likeness (QED) is 0.289. The number of hydrogen-bond donors (Lipinski definition) is 0. The summed E-state index contributed by atoms with van der Waals surface area (Å²) in [4.78, 5) is 24.6. The first kappa shape index (κ1) is 16.9. The van der Waals surface area contributed by atoms with Crippen LogP contribution in [0.2, 0.25) is 0 Å². The van der Waals surface area contributed by atoms with Gasteiger partial charge in [-0.1, -0.05) is 39.2 Å². The number of allylic oxidation sites excluding steroid dienone is 1. The third-order valence-corrected chi connectivity index (χ3v) is 4.39. The van der Waals surface area contributed by atoms with Gasteiger partial charge in [0.05, 0.1) is 0 Å². The van der Waals surface area contributed by atoms with Crippen LogP contribution in [0.4, 0.5) is 0 Å². The Balaban J connectivity index is 2.68. The fraction of sp³-hybridized carbons (Fsp3) is 0.765. The first-order valence-electron chi connectivity index (χ1n) is 7.95. The Morgan fingerprint density at radius 1 is 1.35 bits per heavy atom. The lowest BCUT2D eigenvalue weighted by atomic mass is 9.80. The predicted octanol–water partition coefficient (Wildman–Crippen LogP) is 4.21. The van der Waals surface area contributed by atoms with Crippen LogP contribution >= 0.6 is 0 Å². The zero-order valence-corrected chi connectivity index (χ0v) is 13.2. The third-order valence-electron chi connectivity index (χ3n) is 4.39. The van der Waals surface area contributed by atoms with Crippen molar-refractivity contribution in [3.8, 4) is 0 Å². The summed E-state index contributed by atoms with van der Waals surface area (Å²) in [6.45, 7) is 6.45. The molecule has 1 rings (SSSR count). The van der Waals surface area contributed by atoms with E-state index in [2.05, 4.69) is 6.92 Å². The molecule has 114 valence electrons. The molecule has 0 amide bonds. The summed E-state index contributed by atoms with van der Waals surface area (Å²) < 4.78 is 5.45. The predicted molar refractivity (Wildman–Crippen MR) is 80.4 cm³/mol. The number of carbonyl (C=O) groups excluding carboxylic acids is 2. The molecule has 0 heterocycles. The van der Waals surface area contributed by atoms with Crippen molar-refractivity contribution in [2.24, 2.45) is 5.41 Å². The molecule has 0 radical (unpaired) electrons. The van der Waals surface area contributed by atoms with Crippen molar-refractivity contribution in [3.05, 3.63) is 11.6 Å². The normalized spacial score (nSPS) is 23.1. The minimum Gasteiger partial charge on any atom is -0.460 e. The van der Waals surface area contributed by atoms with Gasteiger partial charge in [0.1, 0.15) is 17.8 Å². The van der Waals surface area contributed by atoms with Crippen molar-refractivity contribution in [1.29, 1.82) is 0 Å². The van der Waals surface area contributed by atoms with E-state index in [0.717, 1.165) is 37.7 Å². The molecular formula is C17H28O3. The molecule has 0 saturated heterocycles. The van der Waals surface area contributed by atoms with Crippen molar-refractivity contribution < 1.29 is 14.3 Å². The van der Waals surface area contributed by atoms with Crippen LogP contribution in [0, 0.1) is 5.41 Å². The third kappa shape index (κ3) is 3.94. The summed E-state index contributed by atoms with van der Waals surface area (Å²) in [6, 6.07) is 0. The van der Waals surface area contributed by atoms with Crippen LogP contribution in [0.15, 0.2) is 11.6 Å². The van der Waals surface area contributed by atoms with E-state index in [4.69, 9.17) is 4.74 Å². The molecule has 1 atom stereocenters. The molecule has 0 aromatic rings. The van der Waals surface area contributed by atoms with E-state index >= 15 is 0 Å². The van der Waals surface area contributed by atoms with Gasteiger partial charge in [0.25, 0.3) is 0 Å². The Kier molecular flexibility index (Phi) is 6.97. The molecule has 0 bridgehead atoms. The smallest absolute Gasteiger partial charge is 0.319 e. The molecule has 1 unspecified atom stereocenters. The monoisotopic (exact) mass is 280 g/mol. The first-order chi connectivity index (χ1) is 9.60. The standard InChI is InChI=1S/C17H28O3/c1-4-7-8-11-17(12-9-10-15(17)18)16(19)20-13-14(5-2)6-3/h5H,4,6-13H2,1-3H3. The van der Waals surface area contributed by atoms with E-state index in [-0.39, 0.29) is 11.8 Å². The fourth-order valence-corrected chi connectivity index (χ4v) is 2.87. The van der Waals surface area contributed by atoms with Gasteiger partial charge in [-0.15, -0.1) is 0 Å². The number of rotatable bonds is 8. The largest absolute Gasteiger partial charge is 0.460 e. The van der Waals surface area contributed by atoms with E-state index in [1.54, 1.807) is 0 Å². The Morgan fingerprint density at radius 3 is 2.60 bits per heavy atom. The van der Waals surface area contributed by atoms with Crippen LogP contribution in [0.1, 0.15) is 72.1 Å². The molecule has 0 aliphatic heterocycles. The summed E-state index contributed by atoms with van der Waals surface area (Å²) >= 11 is 0. The highest BCUT2D eigenvalue weighted by molar-refractivity contribution is 6.05. The number of esters is 1. The second-order valence-corrected chi connectivity index (χ2v) is 5.69. The van der Waals surface area contributed by atoms with Gasteiger partial charge in [0.2, 0.25) is 0 Å². The fourth-order valence-electron chi connectivity index (χ4n) is 2.87. The van der Waals surface area contributed by atoms with Crippen molar-refractivity contribution in [3.63, 3.8) is 0 Å². The summed E-state index contributed by atoms with van der Waals surface area (Å²) in [6.07, 6.45) is 8.64. The molecule has 0 spiro atoms. The van der Waals surface area contributed by atoms with Crippen LogP contribution in [0.5, 0.6) is 0 Å². The van der Waals surface area contributed by atoms with E-state index in [1.807, 2.05) is 19.9 Å². The van der Waals surface area contributed by atoms with Crippen LogP contribution in [-0.2, 0) is 14.3 Å². The van der Waals surface area contributed by atoms with E-state index in [0.29, 0.717) is 25.9 Å². The molecule has 20 heavy (non-hydrogen) atoms. The van der Waals surface area contributed by atoms with E-state index in [1.165, 1.54) is 0 Å². The van der Waals surface area contributed by atoms with Crippen LogP contribution < -0.4 is 0 Å². The van der Waals surface area contributed by atoms with E-state index in [9.17, 15) is 9.59 Å². The Morgan fingerprint density at radius 2 is 2.10 bits per heavy atom. The number of hydrogen-bond acceptors (Lipinski definition) is 3. The van der Waals surface area contributed by atoms with Gasteiger partial charge >= 0.3 is 5.97 Å². The lowest BCUT2D eigenvalue weighted by Gasteiger charge is -2.25. The second kappa shape index (κ2) is 8.23. The second-order valence-electron chi connectivity index (χ2n) is 5.69. The van der Waals surface area contributed by atoms with Crippen LogP contribution in [-0.4, -0.2) is 18.4 Å². The zero-order chi connectivity index (χ0) is 15.0. The number of Topliss-reactive ketones (excluding diaryl/α,β-unsaturated/α-hetero) is 1. The SMILES string of the molecule is CC=C(CC)COC(=O)C1(CCCCC)CCCC1=O. The minimum absolute atomic E-state index is 0.0946. The van der Waals surface area contributed by atoms with Crippen molar-refractivity contribution in [1.82, 2.24) is 0 Å². The number of unbranched alkanes of at least 4 members (excludes halogenated alkanes) is 2. The lowest BCUT2D eigenvalue weighted by molar-refractivity contribution is -0.159.